The number of hydrogen-bond donors (Lipinski definition) is 0. The van der Waals surface area contributed by atoms with Gasteiger partial charge in [0.15, 0.2) is 5.79 Å². The van der Waals surface area contributed by atoms with Crippen molar-refractivity contribution in [3.63, 3.8) is 0 Å². The highest BCUT2D eigenvalue weighted by Crippen LogP contribution is 2.23. The lowest BCUT2D eigenvalue weighted by Crippen LogP contribution is -2.30. The normalized spacial score (nSPS) is 17.2. The highest BCUT2D eigenvalue weighted by Gasteiger charge is 2.33. The molecule has 0 aromatic carbocycles. The summed E-state index contributed by atoms with van der Waals surface area (Å²) in [5, 5.41) is 0. The Balaban J connectivity index is 0.00000106. The van der Waals surface area contributed by atoms with E-state index >= 15 is 0 Å². The van der Waals surface area contributed by atoms with Crippen LogP contribution >= 0.6 is 0 Å². The van der Waals surface area contributed by atoms with Crippen LogP contribution in [0, 0.1) is 0 Å². The number of ether oxygens (including phenoxy) is 3. The molecule has 16 heavy (non-hydrogen) atoms. The van der Waals surface area contributed by atoms with Crippen LogP contribution in [0.25, 0.3) is 0 Å². The van der Waals surface area contributed by atoms with Crippen LogP contribution in [0.15, 0.2) is 0 Å². The quantitative estimate of drug-likeness (QED) is 0.540. The summed E-state index contributed by atoms with van der Waals surface area (Å²) in [6, 6.07) is 0. The van der Waals surface area contributed by atoms with E-state index in [1.54, 1.807) is 6.92 Å². The molecule has 1 aliphatic heterocycles. The first kappa shape index (κ1) is 15.1. The number of carbonyl (C=O) groups is 2. The van der Waals surface area contributed by atoms with Crippen molar-refractivity contribution in [3.8, 4) is 0 Å². The molecule has 0 aliphatic carbocycles. The summed E-state index contributed by atoms with van der Waals surface area (Å²) >= 11 is 0. The van der Waals surface area contributed by atoms with Gasteiger partial charge < -0.3 is 14.2 Å². The molecule has 0 N–H and O–H groups in total. The Morgan fingerprint density at radius 2 is 1.75 bits per heavy atom. The average Bonchev–Trinajstić information content (AvgIpc) is 2.67. The SMILES string of the molecule is CC.COC(=O)CC(=O)CC1(C)OCCO1. The average molecular weight is 232 g/mol. The van der Waals surface area contributed by atoms with Gasteiger partial charge >= 0.3 is 5.97 Å². The van der Waals surface area contributed by atoms with E-state index in [1.165, 1.54) is 7.11 Å². The molecule has 0 atom stereocenters. The molecule has 1 saturated heterocycles. The second-order valence-corrected chi connectivity index (χ2v) is 3.30. The lowest BCUT2D eigenvalue weighted by atomic mass is 10.1. The Morgan fingerprint density at radius 1 is 1.25 bits per heavy atom. The first-order valence-electron chi connectivity index (χ1n) is 5.42. The Bertz CT molecular complexity index is 231. The van der Waals surface area contributed by atoms with E-state index in [-0.39, 0.29) is 18.6 Å². The van der Waals surface area contributed by atoms with Gasteiger partial charge in [-0.05, 0) is 6.92 Å². The maximum absolute atomic E-state index is 11.3. The third-order valence-electron chi connectivity index (χ3n) is 1.99. The third kappa shape index (κ3) is 5.23. The zero-order chi connectivity index (χ0) is 12.6. The molecule has 0 aromatic rings. The molecule has 5 heteroatoms. The van der Waals surface area contributed by atoms with Crippen LogP contribution < -0.4 is 0 Å². The predicted octanol–water partition coefficient (Wildman–Crippen LogP) is 1.30. The standard InChI is InChI=1S/C9H14O5.C2H6/c1-9(13-3-4-14-9)6-7(10)5-8(11)12-2;1-2/h3-6H2,1-2H3;1-2H3. The molecule has 1 aliphatic rings. The molecule has 94 valence electrons. The summed E-state index contributed by atoms with van der Waals surface area (Å²) in [4.78, 5) is 22.1. The van der Waals surface area contributed by atoms with E-state index in [0.717, 1.165) is 0 Å². The van der Waals surface area contributed by atoms with E-state index in [9.17, 15) is 9.59 Å². The number of Topliss-reactive ketones (excluding diaryl/α,β-unsaturated/α-hetero) is 1. The van der Waals surface area contributed by atoms with Crippen molar-refractivity contribution < 1.29 is 23.8 Å². The number of carbonyl (C=O) groups excluding carboxylic acids is 2. The minimum absolute atomic E-state index is 0.0854. The molecule has 1 heterocycles. The number of ketones is 1. The molecule has 0 unspecified atom stereocenters. The molecular formula is C11H20O5. The Hall–Kier alpha value is -0.940. The van der Waals surface area contributed by atoms with Crippen LogP contribution in [0.5, 0.6) is 0 Å². The van der Waals surface area contributed by atoms with Gasteiger partial charge in [0.2, 0.25) is 0 Å². The van der Waals surface area contributed by atoms with Crippen molar-refractivity contribution in [2.24, 2.45) is 0 Å². The molecule has 0 bridgehead atoms. The lowest BCUT2D eigenvalue weighted by Gasteiger charge is -2.20. The molecule has 0 saturated carbocycles. The maximum atomic E-state index is 11.3. The van der Waals surface area contributed by atoms with E-state index in [4.69, 9.17) is 9.47 Å². The van der Waals surface area contributed by atoms with E-state index in [2.05, 4.69) is 4.74 Å². The van der Waals surface area contributed by atoms with Gasteiger partial charge in [-0.2, -0.15) is 0 Å². The van der Waals surface area contributed by atoms with Gasteiger partial charge in [-0.25, -0.2) is 0 Å². The van der Waals surface area contributed by atoms with Gasteiger partial charge in [0.05, 0.1) is 26.7 Å². The van der Waals surface area contributed by atoms with Gasteiger partial charge in [0.25, 0.3) is 0 Å². The number of esters is 1. The zero-order valence-electron chi connectivity index (χ0n) is 10.4. The zero-order valence-corrected chi connectivity index (χ0v) is 10.4. The van der Waals surface area contributed by atoms with Gasteiger partial charge in [-0.15, -0.1) is 0 Å². The fourth-order valence-electron chi connectivity index (χ4n) is 1.31. The van der Waals surface area contributed by atoms with Gasteiger partial charge in [0.1, 0.15) is 12.2 Å². The van der Waals surface area contributed by atoms with Crippen molar-refractivity contribution in [2.45, 2.75) is 39.4 Å². The Kier molecular flexibility index (Phi) is 6.92. The topological polar surface area (TPSA) is 61.8 Å². The monoisotopic (exact) mass is 232 g/mol. The number of hydrogen-bond acceptors (Lipinski definition) is 5. The summed E-state index contributed by atoms with van der Waals surface area (Å²) in [7, 11) is 1.25. The minimum atomic E-state index is -0.856. The predicted molar refractivity (Wildman–Crippen MR) is 57.9 cm³/mol. The number of methoxy groups -OCH3 is 1. The summed E-state index contributed by atoms with van der Waals surface area (Å²) in [5.41, 5.74) is 0. The van der Waals surface area contributed by atoms with E-state index < -0.39 is 11.8 Å². The minimum Gasteiger partial charge on any atom is -0.469 e. The smallest absolute Gasteiger partial charge is 0.313 e. The third-order valence-corrected chi connectivity index (χ3v) is 1.99. The Labute approximate surface area is 96.1 Å². The summed E-state index contributed by atoms with van der Waals surface area (Å²) in [6.07, 6.45) is -0.138. The largest absolute Gasteiger partial charge is 0.469 e. The van der Waals surface area contributed by atoms with Crippen molar-refractivity contribution in [3.05, 3.63) is 0 Å². The van der Waals surface area contributed by atoms with Crippen LogP contribution in [0.3, 0.4) is 0 Å². The van der Waals surface area contributed by atoms with Gasteiger partial charge in [-0.1, -0.05) is 13.8 Å². The number of rotatable bonds is 4. The molecule has 1 rings (SSSR count). The summed E-state index contributed by atoms with van der Waals surface area (Å²) in [6.45, 7) is 6.67. The van der Waals surface area contributed by atoms with Crippen molar-refractivity contribution in [1.82, 2.24) is 0 Å². The summed E-state index contributed by atoms with van der Waals surface area (Å²) in [5.74, 6) is -1.62. The molecule has 5 nitrogen and oxygen atoms in total. The van der Waals surface area contributed by atoms with Crippen LogP contribution in [-0.4, -0.2) is 37.9 Å². The van der Waals surface area contributed by atoms with Crippen LogP contribution in [0.4, 0.5) is 0 Å². The molecule has 1 fully saturated rings. The van der Waals surface area contributed by atoms with Crippen molar-refractivity contribution >= 4 is 11.8 Å². The van der Waals surface area contributed by atoms with Crippen LogP contribution in [-0.2, 0) is 23.8 Å². The molecule has 0 amide bonds. The summed E-state index contributed by atoms with van der Waals surface area (Å²) < 4.78 is 14.8. The fourth-order valence-corrected chi connectivity index (χ4v) is 1.31. The second kappa shape index (κ2) is 7.35. The molecular weight excluding hydrogens is 212 g/mol. The highest BCUT2D eigenvalue weighted by molar-refractivity contribution is 5.95. The maximum Gasteiger partial charge on any atom is 0.313 e. The molecule has 0 aromatic heterocycles. The van der Waals surface area contributed by atoms with Crippen molar-refractivity contribution in [1.29, 1.82) is 0 Å². The first-order valence-corrected chi connectivity index (χ1v) is 5.42. The van der Waals surface area contributed by atoms with E-state index in [0.29, 0.717) is 13.2 Å². The van der Waals surface area contributed by atoms with Gasteiger partial charge in [-0.3, -0.25) is 9.59 Å². The lowest BCUT2D eigenvalue weighted by molar-refractivity contribution is -0.160. The molecule has 0 spiro atoms. The van der Waals surface area contributed by atoms with Crippen LogP contribution in [0.2, 0.25) is 0 Å². The van der Waals surface area contributed by atoms with E-state index in [1.807, 2.05) is 13.8 Å². The highest BCUT2D eigenvalue weighted by atomic mass is 16.7. The van der Waals surface area contributed by atoms with Gasteiger partial charge in [0, 0.05) is 0 Å². The van der Waals surface area contributed by atoms with Crippen LogP contribution in [0.1, 0.15) is 33.6 Å². The first-order chi connectivity index (χ1) is 7.56. The molecule has 0 radical (unpaired) electrons. The second-order valence-electron chi connectivity index (χ2n) is 3.30. The fraction of sp³-hybridized carbons (Fsp3) is 0.818. The van der Waals surface area contributed by atoms with Crippen molar-refractivity contribution in [2.75, 3.05) is 20.3 Å². The Morgan fingerprint density at radius 3 is 2.19 bits per heavy atom.